The fourth-order valence-electron chi connectivity index (χ4n) is 3.52. The van der Waals surface area contributed by atoms with E-state index in [9.17, 15) is 4.79 Å². The Labute approximate surface area is 191 Å². The molecule has 0 saturated carbocycles. The molecule has 3 nitrogen and oxygen atoms in total. The molecule has 4 rings (SSSR count). The van der Waals surface area contributed by atoms with Crippen molar-refractivity contribution >= 4 is 62.7 Å². The SMILES string of the molecule is CCOC(=O)C1=C(c2ccccc2)SC(=C2C(=S)C(C)(C)Nc3cc(C)ccc32)S1. The lowest BCUT2D eigenvalue weighted by atomic mass is 9.85. The van der Waals surface area contributed by atoms with Crippen LogP contribution in [0.15, 0.2) is 57.7 Å². The monoisotopic (exact) mass is 453 g/mol. The number of aryl methyl sites for hydroxylation is 1. The molecule has 154 valence electrons. The zero-order valence-electron chi connectivity index (χ0n) is 17.4. The van der Waals surface area contributed by atoms with Gasteiger partial charge in [-0.05, 0) is 44.9 Å². The van der Waals surface area contributed by atoms with Crippen molar-refractivity contribution in [3.8, 4) is 0 Å². The van der Waals surface area contributed by atoms with Crippen molar-refractivity contribution in [3.63, 3.8) is 0 Å². The maximum Gasteiger partial charge on any atom is 0.346 e. The summed E-state index contributed by atoms with van der Waals surface area (Å²) in [4.78, 5) is 15.2. The second-order valence-electron chi connectivity index (χ2n) is 7.74. The van der Waals surface area contributed by atoms with Gasteiger partial charge >= 0.3 is 5.97 Å². The summed E-state index contributed by atoms with van der Waals surface area (Å²) in [6, 6.07) is 16.4. The molecule has 0 unspecified atom stereocenters. The lowest BCUT2D eigenvalue weighted by Crippen LogP contribution is -2.43. The van der Waals surface area contributed by atoms with Crippen LogP contribution < -0.4 is 5.32 Å². The van der Waals surface area contributed by atoms with E-state index >= 15 is 0 Å². The Hall–Kier alpha value is -2.02. The van der Waals surface area contributed by atoms with Crippen LogP contribution in [0, 0.1) is 6.92 Å². The van der Waals surface area contributed by atoms with E-state index in [4.69, 9.17) is 17.0 Å². The van der Waals surface area contributed by atoms with E-state index in [2.05, 4.69) is 44.3 Å². The first-order valence-corrected chi connectivity index (χ1v) is 11.9. The first-order chi connectivity index (χ1) is 14.3. The largest absolute Gasteiger partial charge is 0.462 e. The van der Waals surface area contributed by atoms with Crippen LogP contribution in [0.1, 0.15) is 37.5 Å². The molecule has 0 aliphatic carbocycles. The lowest BCUT2D eigenvalue weighted by molar-refractivity contribution is -0.137. The summed E-state index contributed by atoms with van der Waals surface area (Å²) < 4.78 is 6.40. The molecule has 2 heterocycles. The predicted molar refractivity (Wildman–Crippen MR) is 134 cm³/mol. The third-order valence-corrected chi connectivity index (χ3v) is 8.32. The topological polar surface area (TPSA) is 38.3 Å². The number of ether oxygens (including phenoxy) is 1. The van der Waals surface area contributed by atoms with Crippen LogP contribution in [-0.2, 0) is 9.53 Å². The second kappa shape index (κ2) is 8.25. The maximum atomic E-state index is 12.8. The first kappa shape index (κ1) is 21.2. The van der Waals surface area contributed by atoms with E-state index < -0.39 is 0 Å². The van der Waals surface area contributed by atoms with Gasteiger partial charge in [0.25, 0.3) is 0 Å². The Morgan fingerprint density at radius 1 is 1.13 bits per heavy atom. The molecule has 0 fully saturated rings. The number of anilines is 1. The Bertz CT molecular complexity index is 1100. The van der Waals surface area contributed by atoms with Crippen molar-refractivity contribution in [1.82, 2.24) is 0 Å². The molecule has 0 amide bonds. The number of thioether (sulfide) groups is 2. The molecule has 2 aliphatic rings. The molecule has 2 aromatic rings. The van der Waals surface area contributed by atoms with Gasteiger partial charge in [0, 0.05) is 26.6 Å². The molecular weight excluding hydrogens is 430 g/mol. The average Bonchev–Trinajstić information content (AvgIpc) is 3.15. The van der Waals surface area contributed by atoms with Gasteiger partial charge in [-0.25, -0.2) is 4.79 Å². The van der Waals surface area contributed by atoms with E-state index in [0.29, 0.717) is 11.5 Å². The highest BCUT2D eigenvalue weighted by molar-refractivity contribution is 8.32. The summed E-state index contributed by atoms with van der Waals surface area (Å²) in [5.41, 5.74) is 5.03. The van der Waals surface area contributed by atoms with Crippen molar-refractivity contribution in [1.29, 1.82) is 0 Å². The van der Waals surface area contributed by atoms with Crippen molar-refractivity contribution in [2.24, 2.45) is 0 Å². The van der Waals surface area contributed by atoms with E-state index in [1.165, 1.54) is 17.3 Å². The van der Waals surface area contributed by atoms with Crippen molar-refractivity contribution in [2.45, 2.75) is 33.2 Å². The summed E-state index contributed by atoms with van der Waals surface area (Å²) in [6.07, 6.45) is 0. The van der Waals surface area contributed by atoms with Crippen LogP contribution >= 0.6 is 35.7 Å². The zero-order valence-corrected chi connectivity index (χ0v) is 19.8. The third-order valence-electron chi connectivity index (χ3n) is 4.98. The van der Waals surface area contributed by atoms with Gasteiger partial charge in [0.1, 0.15) is 4.91 Å². The number of nitrogens with one attached hydrogen (secondary N) is 1. The number of hydrogen-bond acceptors (Lipinski definition) is 6. The molecule has 0 radical (unpaired) electrons. The van der Waals surface area contributed by atoms with Crippen LogP contribution in [0.4, 0.5) is 5.69 Å². The van der Waals surface area contributed by atoms with E-state index in [1.54, 1.807) is 11.8 Å². The summed E-state index contributed by atoms with van der Waals surface area (Å²) in [5, 5.41) is 3.58. The van der Waals surface area contributed by atoms with Crippen LogP contribution in [0.2, 0.25) is 0 Å². The van der Waals surface area contributed by atoms with Gasteiger partial charge in [-0.1, -0.05) is 78.2 Å². The standard InChI is InChI=1S/C24H23NO2S3/c1-5-27-22(26)20-19(15-9-7-6-8-10-15)29-23(30-20)18-16-12-11-14(2)13-17(16)25-24(3,4)21(18)28/h6-13,25H,5H2,1-4H3. The predicted octanol–water partition coefficient (Wildman–Crippen LogP) is 6.65. The third kappa shape index (κ3) is 3.84. The molecule has 0 bridgehead atoms. The summed E-state index contributed by atoms with van der Waals surface area (Å²) in [5.74, 6) is -0.285. The lowest BCUT2D eigenvalue weighted by Gasteiger charge is -2.37. The molecule has 0 spiro atoms. The van der Waals surface area contributed by atoms with Gasteiger partial charge in [-0.3, -0.25) is 0 Å². The second-order valence-corrected chi connectivity index (χ2v) is 10.4. The van der Waals surface area contributed by atoms with Crippen LogP contribution in [-0.4, -0.2) is 23.0 Å². The van der Waals surface area contributed by atoms with Gasteiger partial charge in [0.05, 0.1) is 16.4 Å². The average molecular weight is 454 g/mol. The summed E-state index contributed by atoms with van der Waals surface area (Å²) in [6.45, 7) is 8.46. The van der Waals surface area contributed by atoms with E-state index in [-0.39, 0.29) is 11.5 Å². The smallest absolute Gasteiger partial charge is 0.346 e. The molecule has 6 heteroatoms. The number of carbonyl (C=O) groups excluding carboxylic acids is 1. The number of thiocarbonyl (C=S) groups is 1. The molecule has 1 N–H and O–H groups in total. The number of rotatable bonds is 3. The Morgan fingerprint density at radius 2 is 1.87 bits per heavy atom. The number of carbonyl (C=O) groups is 1. The Kier molecular flexibility index (Phi) is 5.84. The van der Waals surface area contributed by atoms with Gasteiger partial charge in [0.2, 0.25) is 0 Å². The highest BCUT2D eigenvalue weighted by Gasteiger charge is 2.38. The zero-order chi connectivity index (χ0) is 21.5. The Balaban J connectivity index is 1.87. The Morgan fingerprint density at radius 3 is 2.57 bits per heavy atom. The van der Waals surface area contributed by atoms with Crippen LogP contribution in [0.5, 0.6) is 0 Å². The summed E-state index contributed by atoms with van der Waals surface area (Å²) in [7, 11) is 0. The van der Waals surface area contributed by atoms with Crippen molar-refractivity contribution < 1.29 is 9.53 Å². The number of esters is 1. The quantitative estimate of drug-likeness (QED) is 0.319. The van der Waals surface area contributed by atoms with Crippen molar-refractivity contribution in [2.75, 3.05) is 11.9 Å². The molecule has 30 heavy (non-hydrogen) atoms. The van der Waals surface area contributed by atoms with Crippen molar-refractivity contribution in [3.05, 3.63) is 74.4 Å². The first-order valence-electron chi connectivity index (χ1n) is 9.82. The number of benzene rings is 2. The van der Waals surface area contributed by atoms with Gasteiger partial charge in [-0.15, -0.1) is 0 Å². The van der Waals surface area contributed by atoms with Gasteiger partial charge in [-0.2, -0.15) is 0 Å². The highest BCUT2D eigenvalue weighted by atomic mass is 32.2. The van der Waals surface area contributed by atoms with Gasteiger partial charge in [0.15, 0.2) is 0 Å². The molecule has 0 saturated heterocycles. The fourth-order valence-corrected chi connectivity index (χ4v) is 6.61. The molecule has 2 aromatic carbocycles. The molecule has 2 aliphatic heterocycles. The van der Waals surface area contributed by atoms with E-state index in [1.807, 2.05) is 37.3 Å². The highest BCUT2D eigenvalue weighted by Crippen LogP contribution is 2.58. The maximum absolute atomic E-state index is 12.8. The number of hydrogen-bond donors (Lipinski definition) is 1. The van der Waals surface area contributed by atoms with Crippen LogP contribution in [0.3, 0.4) is 0 Å². The normalized spacial score (nSPS) is 20.1. The minimum absolute atomic E-state index is 0.285. The number of fused-ring (bicyclic) bond motifs is 1. The minimum atomic E-state index is -0.362. The fraction of sp³-hybridized carbons (Fsp3) is 0.250. The molecule has 0 aromatic heterocycles. The van der Waals surface area contributed by atoms with Crippen LogP contribution in [0.25, 0.3) is 10.5 Å². The molecule has 0 atom stereocenters. The molecular formula is C24H23NO2S3. The summed E-state index contributed by atoms with van der Waals surface area (Å²) >= 11 is 9.02. The van der Waals surface area contributed by atoms with E-state index in [0.717, 1.165) is 36.4 Å². The van der Waals surface area contributed by atoms with Gasteiger partial charge < -0.3 is 10.1 Å². The minimum Gasteiger partial charge on any atom is -0.462 e.